The van der Waals surface area contributed by atoms with Crippen LogP contribution in [0.5, 0.6) is 0 Å². The lowest BCUT2D eigenvalue weighted by atomic mass is 10.2. The number of anilines is 1. The highest BCUT2D eigenvalue weighted by atomic mass is 16.2. The summed E-state index contributed by atoms with van der Waals surface area (Å²) in [5.74, 6) is 1.33. The molecule has 1 aromatic heterocycles. The minimum atomic E-state index is 0.571. The summed E-state index contributed by atoms with van der Waals surface area (Å²) in [4.78, 5) is 14.5. The zero-order chi connectivity index (χ0) is 11.7. The largest absolute Gasteiger partial charge is 0.400 e. The van der Waals surface area contributed by atoms with E-state index in [2.05, 4.69) is 24.1 Å². The lowest BCUT2D eigenvalue weighted by Crippen LogP contribution is -2.09. The fourth-order valence-corrected chi connectivity index (χ4v) is 0.926. The van der Waals surface area contributed by atoms with Crippen molar-refractivity contribution in [3.05, 3.63) is 23.9 Å². The molecule has 15 heavy (non-hydrogen) atoms. The third-order valence-electron chi connectivity index (χ3n) is 1.61. The van der Waals surface area contributed by atoms with Crippen LogP contribution >= 0.6 is 0 Å². The number of aldehydes is 1. The molecule has 0 fully saturated rings. The normalized spacial score (nSPS) is 9.13. The fraction of sp³-hybridized carbons (Fsp3) is 0.455. The number of nitrogens with one attached hydrogen (secondary N) is 1. The number of rotatable bonds is 4. The number of nitrogens with zero attached hydrogens (tertiary/aromatic N) is 1. The molecule has 0 amide bonds. The van der Waals surface area contributed by atoms with E-state index >= 15 is 0 Å². The van der Waals surface area contributed by atoms with Crippen LogP contribution in [0, 0.1) is 5.92 Å². The van der Waals surface area contributed by atoms with Crippen LogP contribution in [0.4, 0.5) is 5.82 Å². The number of aromatic nitrogens is 1. The second-order valence-corrected chi connectivity index (χ2v) is 3.37. The van der Waals surface area contributed by atoms with E-state index in [1.807, 2.05) is 0 Å². The maximum absolute atomic E-state index is 10.4. The second kappa shape index (κ2) is 7.94. The first-order chi connectivity index (χ1) is 7.22. The summed E-state index contributed by atoms with van der Waals surface area (Å²) in [7, 11) is 1.00. The highest BCUT2D eigenvalue weighted by Gasteiger charge is 1.97. The Bertz CT molecular complexity index is 288. The van der Waals surface area contributed by atoms with Gasteiger partial charge in [0.25, 0.3) is 0 Å². The van der Waals surface area contributed by atoms with Crippen LogP contribution in [-0.2, 0) is 0 Å². The van der Waals surface area contributed by atoms with E-state index in [0.717, 1.165) is 25.8 Å². The standard InChI is InChI=1S/C10H14N2O.CH4O/c1-8(2)6-12-10-5-9(7-13)3-4-11-10;1-2/h3-5,7-8H,6H2,1-2H3,(H,11,12);2H,1H3. The zero-order valence-corrected chi connectivity index (χ0v) is 9.40. The van der Waals surface area contributed by atoms with Crippen LogP contribution in [-0.4, -0.2) is 30.0 Å². The minimum Gasteiger partial charge on any atom is -0.400 e. The topological polar surface area (TPSA) is 62.2 Å². The van der Waals surface area contributed by atoms with Gasteiger partial charge in [0.2, 0.25) is 0 Å². The highest BCUT2D eigenvalue weighted by molar-refractivity contribution is 5.75. The highest BCUT2D eigenvalue weighted by Crippen LogP contribution is 2.05. The van der Waals surface area contributed by atoms with Gasteiger partial charge in [0, 0.05) is 25.4 Å². The third kappa shape index (κ3) is 5.80. The molecule has 0 aromatic carbocycles. The van der Waals surface area contributed by atoms with Gasteiger partial charge in [-0.15, -0.1) is 0 Å². The second-order valence-electron chi connectivity index (χ2n) is 3.37. The maximum atomic E-state index is 10.4. The van der Waals surface area contributed by atoms with Crippen molar-refractivity contribution in [2.24, 2.45) is 5.92 Å². The molecule has 0 aliphatic carbocycles. The molecule has 0 saturated heterocycles. The molecule has 1 heterocycles. The Morgan fingerprint density at radius 2 is 2.20 bits per heavy atom. The molecule has 2 N–H and O–H groups in total. The summed E-state index contributed by atoms with van der Waals surface area (Å²) >= 11 is 0. The van der Waals surface area contributed by atoms with Crippen molar-refractivity contribution in [1.82, 2.24) is 4.98 Å². The van der Waals surface area contributed by atoms with E-state index in [1.54, 1.807) is 18.3 Å². The number of carbonyl (C=O) groups is 1. The maximum Gasteiger partial charge on any atom is 0.150 e. The van der Waals surface area contributed by atoms with Gasteiger partial charge in [-0.1, -0.05) is 13.8 Å². The van der Waals surface area contributed by atoms with Gasteiger partial charge in [-0.05, 0) is 18.1 Å². The van der Waals surface area contributed by atoms with Crippen LogP contribution in [0.3, 0.4) is 0 Å². The number of carbonyl (C=O) groups excluding carboxylic acids is 1. The molecule has 0 atom stereocenters. The molecule has 0 spiro atoms. The third-order valence-corrected chi connectivity index (χ3v) is 1.61. The summed E-state index contributed by atoms with van der Waals surface area (Å²) in [6.45, 7) is 5.11. The Balaban J connectivity index is 0.000000921. The quantitative estimate of drug-likeness (QED) is 0.740. The molecule has 0 unspecified atom stereocenters. The molecule has 84 valence electrons. The van der Waals surface area contributed by atoms with Gasteiger partial charge in [-0.25, -0.2) is 4.98 Å². The van der Waals surface area contributed by atoms with E-state index in [1.165, 1.54) is 0 Å². The van der Waals surface area contributed by atoms with Gasteiger partial charge < -0.3 is 10.4 Å². The van der Waals surface area contributed by atoms with E-state index in [-0.39, 0.29) is 0 Å². The summed E-state index contributed by atoms with van der Waals surface area (Å²) in [5.41, 5.74) is 0.654. The van der Waals surface area contributed by atoms with Crippen LogP contribution < -0.4 is 5.32 Å². The average Bonchev–Trinajstić information content (AvgIpc) is 2.29. The van der Waals surface area contributed by atoms with Gasteiger partial charge in [0.1, 0.15) is 12.1 Å². The predicted molar refractivity (Wildman–Crippen MR) is 61.1 cm³/mol. The van der Waals surface area contributed by atoms with Gasteiger partial charge in [0.15, 0.2) is 0 Å². The molecule has 0 saturated carbocycles. The number of pyridine rings is 1. The Labute approximate surface area is 90.4 Å². The molecule has 1 rings (SSSR count). The van der Waals surface area contributed by atoms with E-state index in [9.17, 15) is 4.79 Å². The molecule has 0 aliphatic rings. The predicted octanol–water partition coefficient (Wildman–Crippen LogP) is 1.57. The molecular formula is C11H18N2O2. The summed E-state index contributed by atoms with van der Waals surface area (Å²) in [5, 5.41) is 10.1. The van der Waals surface area contributed by atoms with Crippen LogP contribution in [0.2, 0.25) is 0 Å². The van der Waals surface area contributed by atoms with E-state index in [0.29, 0.717) is 11.5 Å². The van der Waals surface area contributed by atoms with Crippen LogP contribution in [0.15, 0.2) is 18.3 Å². The van der Waals surface area contributed by atoms with Crippen molar-refractivity contribution in [2.75, 3.05) is 19.0 Å². The van der Waals surface area contributed by atoms with Gasteiger partial charge in [0.05, 0.1) is 0 Å². The lowest BCUT2D eigenvalue weighted by molar-refractivity contribution is 0.112. The number of hydrogen-bond donors (Lipinski definition) is 2. The lowest BCUT2D eigenvalue weighted by Gasteiger charge is -2.07. The molecule has 0 bridgehead atoms. The van der Waals surface area contributed by atoms with Crippen molar-refractivity contribution >= 4 is 12.1 Å². The van der Waals surface area contributed by atoms with Crippen molar-refractivity contribution in [3.8, 4) is 0 Å². The average molecular weight is 210 g/mol. The van der Waals surface area contributed by atoms with Crippen molar-refractivity contribution < 1.29 is 9.90 Å². The molecule has 0 radical (unpaired) electrons. The molecule has 1 aromatic rings. The first kappa shape index (κ1) is 13.6. The molecule has 0 aliphatic heterocycles. The number of hydrogen-bond acceptors (Lipinski definition) is 4. The van der Waals surface area contributed by atoms with Crippen molar-refractivity contribution in [1.29, 1.82) is 0 Å². The monoisotopic (exact) mass is 210 g/mol. The SMILES string of the molecule is CC(C)CNc1cc(C=O)ccn1.CO. The summed E-state index contributed by atoms with van der Waals surface area (Å²) < 4.78 is 0. The van der Waals surface area contributed by atoms with Crippen molar-refractivity contribution in [2.45, 2.75) is 13.8 Å². The molecule has 4 heteroatoms. The smallest absolute Gasteiger partial charge is 0.150 e. The molecule has 4 nitrogen and oxygen atoms in total. The van der Waals surface area contributed by atoms with E-state index < -0.39 is 0 Å². The van der Waals surface area contributed by atoms with Gasteiger partial charge in [-0.2, -0.15) is 0 Å². The zero-order valence-electron chi connectivity index (χ0n) is 9.40. The summed E-state index contributed by atoms with van der Waals surface area (Å²) in [6, 6.07) is 3.43. The Hall–Kier alpha value is -1.42. The van der Waals surface area contributed by atoms with Gasteiger partial charge in [-0.3, -0.25) is 4.79 Å². The van der Waals surface area contributed by atoms with Crippen LogP contribution in [0.1, 0.15) is 24.2 Å². The minimum absolute atomic E-state index is 0.571. The Morgan fingerprint density at radius 3 is 2.73 bits per heavy atom. The van der Waals surface area contributed by atoms with Crippen molar-refractivity contribution in [3.63, 3.8) is 0 Å². The number of aliphatic hydroxyl groups excluding tert-OH is 1. The first-order valence-electron chi connectivity index (χ1n) is 4.82. The molecular weight excluding hydrogens is 192 g/mol. The number of aliphatic hydroxyl groups is 1. The summed E-state index contributed by atoms with van der Waals surface area (Å²) in [6.07, 6.45) is 2.45. The van der Waals surface area contributed by atoms with E-state index in [4.69, 9.17) is 5.11 Å². The van der Waals surface area contributed by atoms with Crippen LogP contribution in [0.25, 0.3) is 0 Å². The first-order valence-corrected chi connectivity index (χ1v) is 4.82. The Kier molecular flexibility index (Phi) is 7.18. The fourth-order valence-electron chi connectivity index (χ4n) is 0.926. The Morgan fingerprint density at radius 1 is 1.53 bits per heavy atom. The van der Waals surface area contributed by atoms with Gasteiger partial charge >= 0.3 is 0 Å².